The van der Waals surface area contributed by atoms with Crippen LogP contribution in [-0.2, 0) is 21.1 Å². The molecule has 0 spiro atoms. The van der Waals surface area contributed by atoms with Crippen molar-refractivity contribution in [3.8, 4) is 0 Å². The Kier molecular flexibility index (Phi) is 4.82. The van der Waals surface area contributed by atoms with Crippen LogP contribution in [-0.4, -0.2) is 48.7 Å². The van der Waals surface area contributed by atoms with E-state index in [1.54, 1.807) is 0 Å². The standard InChI is InChI=1S/C12H17ClN2O4S/c1-19-6-5-15-11(9(13)8-14-15)12(16)10-4-2-3-7-20(10,17)18/h8,10H,2-7H2,1H3. The Morgan fingerprint density at radius 3 is 2.95 bits per heavy atom. The van der Waals surface area contributed by atoms with E-state index in [9.17, 15) is 13.2 Å². The van der Waals surface area contributed by atoms with Crippen LogP contribution in [0.1, 0.15) is 29.8 Å². The Morgan fingerprint density at radius 1 is 1.55 bits per heavy atom. The summed E-state index contributed by atoms with van der Waals surface area (Å²) in [6.07, 6.45) is 3.06. The number of Topliss-reactive ketones (excluding diaryl/α,β-unsaturated/α-hetero) is 1. The van der Waals surface area contributed by atoms with Crippen molar-refractivity contribution in [3.63, 3.8) is 0 Å². The normalized spacial score (nSPS) is 21.8. The highest BCUT2D eigenvalue weighted by Gasteiger charge is 2.37. The molecule has 0 amide bonds. The molecule has 1 aromatic rings. The second kappa shape index (κ2) is 6.24. The molecular formula is C12H17ClN2O4S. The number of ketones is 1. The predicted molar refractivity (Wildman–Crippen MR) is 74.9 cm³/mol. The summed E-state index contributed by atoms with van der Waals surface area (Å²) in [4.78, 5) is 12.5. The van der Waals surface area contributed by atoms with Gasteiger partial charge in [0.15, 0.2) is 15.6 Å². The predicted octanol–water partition coefficient (Wildman–Crippen LogP) is 1.33. The van der Waals surface area contributed by atoms with E-state index >= 15 is 0 Å². The SMILES string of the molecule is COCCn1ncc(Cl)c1C(=O)C1CCCCS1(=O)=O. The molecule has 1 saturated heterocycles. The first-order chi connectivity index (χ1) is 9.47. The zero-order valence-corrected chi connectivity index (χ0v) is 12.8. The molecule has 1 aromatic heterocycles. The first kappa shape index (κ1) is 15.5. The van der Waals surface area contributed by atoms with E-state index in [2.05, 4.69) is 5.10 Å². The third kappa shape index (κ3) is 3.05. The van der Waals surface area contributed by atoms with Gasteiger partial charge in [-0.25, -0.2) is 8.42 Å². The molecule has 0 radical (unpaired) electrons. The topological polar surface area (TPSA) is 78.3 Å². The van der Waals surface area contributed by atoms with Gasteiger partial charge in [-0.1, -0.05) is 18.0 Å². The molecule has 1 aliphatic heterocycles. The van der Waals surface area contributed by atoms with E-state index in [-0.39, 0.29) is 16.5 Å². The number of carbonyl (C=O) groups is 1. The summed E-state index contributed by atoms with van der Waals surface area (Å²) in [7, 11) is -1.84. The van der Waals surface area contributed by atoms with Gasteiger partial charge in [-0.15, -0.1) is 0 Å². The highest BCUT2D eigenvalue weighted by molar-refractivity contribution is 7.92. The van der Waals surface area contributed by atoms with Gasteiger partial charge in [0.1, 0.15) is 10.9 Å². The third-order valence-electron chi connectivity index (χ3n) is 3.41. The summed E-state index contributed by atoms with van der Waals surface area (Å²) in [5.41, 5.74) is 0.166. The van der Waals surface area contributed by atoms with Crippen LogP contribution < -0.4 is 0 Å². The zero-order chi connectivity index (χ0) is 14.8. The number of hydrogen-bond acceptors (Lipinski definition) is 5. The number of carbonyl (C=O) groups excluding carboxylic acids is 1. The van der Waals surface area contributed by atoms with Crippen LogP contribution >= 0.6 is 11.6 Å². The molecule has 20 heavy (non-hydrogen) atoms. The number of sulfone groups is 1. The van der Waals surface area contributed by atoms with Gasteiger partial charge in [-0.3, -0.25) is 9.48 Å². The fourth-order valence-electron chi connectivity index (χ4n) is 2.36. The Labute approximate surface area is 123 Å². The van der Waals surface area contributed by atoms with Crippen LogP contribution in [0.2, 0.25) is 5.02 Å². The maximum absolute atomic E-state index is 12.5. The molecule has 112 valence electrons. The molecule has 2 rings (SSSR count). The summed E-state index contributed by atoms with van der Waals surface area (Å²) in [6.45, 7) is 0.729. The average Bonchev–Trinajstić information content (AvgIpc) is 2.76. The minimum atomic E-state index is -3.38. The van der Waals surface area contributed by atoms with Crippen LogP contribution in [0.3, 0.4) is 0 Å². The largest absolute Gasteiger partial charge is 0.383 e. The Hall–Kier alpha value is -0.920. The van der Waals surface area contributed by atoms with Crippen molar-refractivity contribution in [2.45, 2.75) is 31.1 Å². The smallest absolute Gasteiger partial charge is 0.200 e. The van der Waals surface area contributed by atoms with Crippen molar-refractivity contribution in [2.24, 2.45) is 0 Å². The molecule has 1 aliphatic rings. The third-order valence-corrected chi connectivity index (χ3v) is 5.86. The highest BCUT2D eigenvalue weighted by Crippen LogP contribution is 2.26. The molecule has 1 unspecified atom stereocenters. The van der Waals surface area contributed by atoms with Gasteiger partial charge < -0.3 is 4.74 Å². The molecule has 0 bridgehead atoms. The van der Waals surface area contributed by atoms with Crippen LogP contribution in [0.4, 0.5) is 0 Å². The summed E-state index contributed by atoms with van der Waals surface area (Å²) in [5, 5.41) is 3.20. The van der Waals surface area contributed by atoms with Crippen LogP contribution in [0.5, 0.6) is 0 Å². The Bertz CT molecular complexity index is 597. The molecule has 1 atom stereocenters. The van der Waals surface area contributed by atoms with Crippen molar-refractivity contribution < 1.29 is 17.9 Å². The summed E-state index contributed by atoms with van der Waals surface area (Å²) in [5.74, 6) is -0.393. The van der Waals surface area contributed by atoms with Crippen molar-refractivity contribution >= 4 is 27.2 Å². The Balaban J connectivity index is 2.31. The van der Waals surface area contributed by atoms with Gasteiger partial charge in [0.05, 0.1) is 30.1 Å². The number of nitrogens with zero attached hydrogens (tertiary/aromatic N) is 2. The molecule has 1 fully saturated rings. The Morgan fingerprint density at radius 2 is 2.30 bits per heavy atom. The van der Waals surface area contributed by atoms with Gasteiger partial charge in [0.2, 0.25) is 0 Å². The number of methoxy groups -OCH3 is 1. The van der Waals surface area contributed by atoms with Crippen LogP contribution in [0.15, 0.2) is 6.20 Å². The van der Waals surface area contributed by atoms with E-state index in [1.807, 2.05) is 0 Å². The van der Waals surface area contributed by atoms with Crippen LogP contribution in [0, 0.1) is 0 Å². The lowest BCUT2D eigenvalue weighted by Crippen LogP contribution is -2.36. The average molecular weight is 321 g/mol. The van der Waals surface area contributed by atoms with Crippen molar-refractivity contribution in [3.05, 3.63) is 16.9 Å². The summed E-state index contributed by atoms with van der Waals surface area (Å²) >= 11 is 5.99. The van der Waals surface area contributed by atoms with E-state index in [0.29, 0.717) is 26.0 Å². The first-order valence-corrected chi connectivity index (χ1v) is 8.52. The van der Waals surface area contributed by atoms with Gasteiger partial charge in [0, 0.05) is 7.11 Å². The van der Waals surface area contributed by atoms with Gasteiger partial charge >= 0.3 is 0 Å². The fraction of sp³-hybridized carbons (Fsp3) is 0.667. The maximum Gasteiger partial charge on any atom is 0.200 e. The molecule has 0 aliphatic carbocycles. The first-order valence-electron chi connectivity index (χ1n) is 6.43. The number of aromatic nitrogens is 2. The minimum Gasteiger partial charge on any atom is -0.383 e. The lowest BCUT2D eigenvalue weighted by molar-refractivity contribution is 0.0967. The summed E-state index contributed by atoms with van der Waals surface area (Å²) in [6, 6.07) is 0. The highest BCUT2D eigenvalue weighted by atomic mass is 35.5. The fourth-order valence-corrected chi connectivity index (χ4v) is 4.45. The van der Waals surface area contributed by atoms with Gasteiger partial charge in [-0.2, -0.15) is 5.10 Å². The second-order valence-electron chi connectivity index (χ2n) is 4.77. The number of rotatable bonds is 5. The maximum atomic E-state index is 12.5. The molecule has 0 aromatic carbocycles. The van der Waals surface area contributed by atoms with Gasteiger partial charge in [0.25, 0.3) is 0 Å². The van der Waals surface area contributed by atoms with Crippen molar-refractivity contribution in [1.29, 1.82) is 0 Å². The van der Waals surface area contributed by atoms with E-state index in [0.717, 1.165) is 6.42 Å². The monoisotopic (exact) mass is 320 g/mol. The van der Waals surface area contributed by atoms with Crippen molar-refractivity contribution in [1.82, 2.24) is 9.78 Å². The lowest BCUT2D eigenvalue weighted by atomic mass is 10.1. The van der Waals surface area contributed by atoms with E-state index in [4.69, 9.17) is 16.3 Å². The zero-order valence-electron chi connectivity index (χ0n) is 11.2. The number of hydrogen-bond donors (Lipinski definition) is 0. The molecular weight excluding hydrogens is 304 g/mol. The lowest BCUT2D eigenvalue weighted by Gasteiger charge is -2.21. The molecule has 0 N–H and O–H groups in total. The van der Waals surface area contributed by atoms with Crippen LogP contribution in [0.25, 0.3) is 0 Å². The minimum absolute atomic E-state index is 0.0627. The molecule has 8 heteroatoms. The number of halogens is 1. The van der Waals surface area contributed by atoms with E-state index < -0.39 is 20.9 Å². The summed E-state index contributed by atoms with van der Waals surface area (Å²) < 4.78 is 30.4. The van der Waals surface area contributed by atoms with E-state index in [1.165, 1.54) is 18.0 Å². The quantitative estimate of drug-likeness (QED) is 0.765. The number of ether oxygens (including phenoxy) is 1. The molecule has 2 heterocycles. The van der Waals surface area contributed by atoms with Gasteiger partial charge in [-0.05, 0) is 12.8 Å². The molecule has 0 saturated carbocycles. The second-order valence-corrected chi connectivity index (χ2v) is 7.48. The van der Waals surface area contributed by atoms with Crippen molar-refractivity contribution in [2.75, 3.05) is 19.5 Å². The molecule has 6 nitrogen and oxygen atoms in total.